The van der Waals surface area contributed by atoms with Crippen LogP contribution in [0.5, 0.6) is 0 Å². The lowest BCUT2D eigenvalue weighted by Crippen LogP contribution is -2.40. The number of carbonyl (C=O) groups excluding carboxylic acids is 2. The molecule has 0 aliphatic carbocycles. The molecule has 21 heavy (non-hydrogen) atoms. The fraction of sp³-hybridized carbons (Fsp3) is 0.385. The third-order valence-corrected chi connectivity index (χ3v) is 2.53. The molecule has 0 fully saturated rings. The van der Waals surface area contributed by atoms with Gasteiger partial charge in [0, 0.05) is 0 Å². The zero-order valence-electron chi connectivity index (χ0n) is 11.3. The van der Waals surface area contributed by atoms with E-state index in [9.17, 15) is 27.2 Å². The van der Waals surface area contributed by atoms with Crippen molar-refractivity contribution in [2.45, 2.75) is 26.1 Å². The van der Waals surface area contributed by atoms with Crippen molar-refractivity contribution >= 4 is 11.9 Å². The normalized spacial score (nSPS) is 12.7. The highest BCUT2D eigenvalue weighted by Crippen LogP contribution is 2.30. The van der Waals surface area contributed by atoms with E-state index in [4.69, 9.17) is 0 Å². The average Bonchev–Trinajstić information content (AvgIpc) is 2.37. The lowest BCUT2D eigenvalue weighted by molar-refractivity contribution is -0.145. The maximum atomic E-state index is 13.5. The molecule has 0 aromatic heterocycles. The zero-order chi connectivity index (χ0) is 16.2. The van der Waals surface area contributed by atoms with Gasteiger partial charge in [-0.15, -0.1) is 0 Å². The SMILES string of the molecule is CCOC(=O)C(C)NC(=O)c1cc(C(F)(F)F)ccc1F. The number of carbonyl (C=O) groups is 2. The lowest BCUT2D eigenvalue weighted by Gasteiger charge is -2.14. The maximum Gasteiger partial charge on any atom is 0.416 e. The molecule has 4 nitrogen and oxygen atoms in total. The second-order valence-electron chi connectivity index (χ2n) is 4.14. The Balaban J connectivity index is 2.94. The Morgan fingerprint density at radius 2 is 1.95 bits per heavy atom. The first kappa shape index (κ1) is 16.9. The summed E-state index contributed by atoms with van der Waals surface area (Å²) in [6.45, 7) is 2.91. The highest BCUT2D eigenvalue weighted by Gasteiger charge is 2.32. The number of hydrogen-bond donors (Lipinski definition) is 1. The van der Waals surface area contributed by atoms with E-state index in [-0.39, 0.29) is 6.61 Å². The molecule has 1 N–H and O–H groups in total. The zero-order valence-corrected chi connectivity index (χ0v) is 11.3. The molecule has 1 aromatic rings. The van der Waals surface area contributed by atoms with Crippen LogP contribution in [0.3, 0.4) is 0 Å². The van der Waals surface area contributed by atoms with Crippen molar-refractivity contribution in [2.75, 3.05) is 6.61 Å². The number of esters is 1. The first-order valence-corrected chi connectivity index (χ1v) is 6.01. The monoisotopic (exact) mass is 307 g/mol. The van der Waals surface area contributed by atoms with E-state index < -0.39 is 41.0 Å². The van der Waals surface area contributed by atoms with E-state index >= 15 is 0 Å². The maximum absolute atomic E-state index is 13.5. The van der Waals surface area contributed by atoms with Crippen LogP contribution in [0.25, 0.3) is 0 Å². The van der Waals surface area contributed by atoms with Crippen molar-refractivity contribution in [1.82, 2.24) is 5.32 Å². The minimum absolute atomic E-state index is 0.0803. The number of ether oxygens (including phenoxy) is 1. The fourth-order valence-corrected chi connectivity index (χ4v) is 1.48. The molecule has 0 saturated heterocycles. The van der Waals surface area contributed by atoms with Crippen LogP contribution in [0.2, 0.25) is 0 Å². The van der Waals surface area contributed by atoms with Crippen LogP contribution in [-0.4, -0.2) is 24.5 Å². The van der Waals surface area contributed by atoms with Crippen LogP contribution in [0.4, 0.5) is 17.6 Å². The summed E-state index contributed by atoms with van der Waals surface area (Å²) < 4.78 is 55.7. The molecule has 0 aliphatic heterocycles. The summed E-state index contributed by atoms with van der Waals surface area (Å²) in [4.78, 5) is 23.0. The second kappa shape index (κ2) is 6.55. The highest BCUT2D eigenvalue weighted by atomic mass is 19.4. The number of nitrogens with one attached hydrogen (secondary N) is 1. The highest BCUT2D eigenvalue weighted by molar-refractivity contribution is 5.97. The lowest BCUT2D eigenvalue weighted by atomic mass is 10.1. The van der Waals surface area contributed by atoms with Crippen LogP contribution in [-0.2, 0) is 15.7 Å². The van der Waals surface area contributed by atoms with Crippen molar-refractivity contribution in [1.29, 1.82) is 0 Å². The molecule has 1 atom stereocenters. The molecule has 0 spiro atoms. The largest absolute Gasteiger partial charge is 0.464 e. The van der Waals surface area contributed by atoms with E-state index in [1.54, 1.807) is 6.92 Å². The van der Waals surface area contributed by atoms with E-state index in [0.29, 0.717) is 18.2 Å². The van der Waals surface area contributed by atoms with Gasteiger partial charge < -0.3 is 10.1 Å². The number of benzene rings is 1. The van der Waals surface area contributed by atoms with Crippen molar-refractivity contribution in [2.24, 2.45) is 0 Å². The summed E-state index contributed by atoms with van der Waals surface area (Å²) in [5.74, 6) is -3.01. The van der Waals surface area contributed by atoms with Gasteiger partial charge in [0.1, 0.15) is 11.9 Å². The molecule has 0 bridgehead atoms. The quantitative estimate of drug-likeness (QED) is 0.687. The molecular weight excluding hydrogens is 294 g/mol. The molecule has 1 unspecified atom stereocenters. The van der Waals surface area contributed by atoms with Gasteiger partial charge in [0.25, 0.3) is 5.91 Å². The van der Waals surface area contributed by atoms with Crippen LogP contribution in [0.15, 0.2) is 18.2 Å². The van der Waals surface area contributed by atoms with Gasteiger partial charge in [0.05, 0.1) is 17.7 Å². The molecule has 0 aliphatic rings. The van der Waals surface area contributed by atoms with E-state index in [1.165, 1.54) is 6.92 Å². The van der Waals surface area contributed by atoms with Crippen molar-refractivity contribution in [3.05, 3.63) is 35.1 Å². The summed E-state index contributed by atoms with van der Waals surface area (Å²) in [7, 11) is 0. The Hall–Kier alpha value is -2.12. The van der Waals surface area contributed by atoms with Gasteiger partial charge in [-0.2, -0.15) is 13.2 Å². The predicted octanol–water partition coefficient (Wildman–Crippen LogP) is 2.53. The van der Waals surface area contributed by atoms with E-state index in [2.05, 4.69) is 10.1 Å². The minimum Gasteiger partial charge on any atom is -0.464 e. The van der Waals surface area contributed by atoms with Gasteiger partial charge in [-0.1, -0.05) is 0 Å². The molecule has 1 amide bonds. The van der Waals surface area contributed by atoms with Crippen LogP contribution < -0.4 is 5.32 Å². The first-order chi connectivity index (χ1) is 9.66. The van der Waals surface area contributed by atoms with Gasteiger partial charge in [-0.05, 0) is 32.0 Å². The van der Waals surface area contributed by atoms with E-state index in [0.717, 1.165) is 0 Å². The van der Waals surface area contributed by atoms with Gasteiger partial charge in [0.15, 0.2) is 0 Å². The topological polar surface area (TPSA) is 55.4 Å². The first-order valence-electron chi connectivity index (χ1n) is 6.01. The Kier molecular flexibility index (Phi) is 5.28. The Morgan fingerprint density at radius 1 is 1.33 bits per heavy atom. The summed E-state index contributed by atoms with van der Waals surface area (Å²) in [6, 6.07) is 0.363. The fourth-order valence-electron chi connectivity index (χ4n) is 1.48. The molecule has 1 aromatic carbocycles. The van der Waals surface area contributed by atoms with Crippen molar-refractivity contribution in [3.8, 4) is 0 Å². The molecule has 1 rings (SSSR count). The number of halogens is 4. The molecule has 0 heterocycles. The Bertz CT molecular complexity index is 543. The number of alkyl halides is 3. The number of rotatable bonds is 4. The molecule has 0 radical (unpaired) electrons. The Labute approximate surface area is 118 Å². The molecule has 0 saturated carbocycles. The van der Waals surface area contributed by atoms with Gasteiger partial charge in [-0.25, -0.2) is 9.18 Å². The van der Waals surface area contributed by atoms with Crippen molar-refractivity contribution < 1.29 is 31.9 Å². The second-order valence-corrected chi connectivity index (χ2v) is 4.14. The molecule has 116 valence electrons. The van der Waals surface area contributed by atoms with Gasteiger partial charge in [-0.3, -0.25) is 4.79 Å². The molecular formula is C13H13F4NO3. The standard InChI is InChI=1S/C13H13F4NO3/c1-3-21-12(20)7(2)18-11(19)9-6-8(13(15,16)17)4-5-10(9)14/h4-7H,3H2,1-2H3,(H,18,19). The third-order valence-electron chi connectivity index (χ3n) is 2.53. The summed E-state index contributed by atoms with van der Waals surface area (Å²) in [5.41, 5.74) is -1.95. The summed E-state index contributed by atoms with van der Waals surface area (Å²) >= 11 is 0. The minimum atomic E-state index is -4.70. The van der Waals surface area contributed by atoms with Gasteiger partial charge in [0.2, 0.25) is 0 Å². The predicted molar refractivity (Wildman–Crippen MR) is 65.0 cm³/mol. The average molecular weight is 307 g/mol. The van der Waals surface area contributed by atoms with Crippen molar-refractivity contribution in [3.63, 3.8) is 0 Å². The number of hydrogen-bond acceptors (Lipinski definition) is 3. The Morgan fingerprint density at radius 3 is 2.48 bits per heavy atom. The van der Waals surface area contributed by atoms with Crippen LogP contribution >= 0.6 is 0 Å². The van der Waals surface area contributed by atoms with Crippen LogP contribution in [0.1, 0.15) is 29.8 Å². The van der Waals surface area contributed by atoms with Crippen LogP contribution in [0, 0.1) is 5.82 Å². The smallest absolute Gasteiger partial charge is 0.416 e. The number of amides is 1. The summed E-state index contributed by atoms with van der Waals surface area (Å²) in [6.07, 6.45) is -4.70. The van der Waals surface area contributed by atoms with Gasteiger partial charge >= 0.3 is 12.1 Å². The third kappa shape index (κ3) is 4.44. The molecule has 8 heteroatoms. The van der Waals surface area contributed by atoms with E-state index in [1.807, 2.05) is 0 Å². The summed E-state index contributed by atoms with van der Waals surface area (Å²) in [5, 5.41) is 2.08.